The molecule has 0 fully saturated rings. The number of hydrogen-bond donors (Lipinski definition) is 3. The van der Waals surface area contributed by atoms with Crippen LogP contribution < -0.4 is 11.2 Å². The molecule has 0 spiro atoms. The highest BCUT2D eigenvalue weighted by molar-refractivity contribution is 6.58. The van der Waals surface area contributed by atoms with Crippen molar-refractivity contribution in [3.05, 3.63) is 24.4 Å². The predicted octanol–water partition coefficient (Wildman–Crippen LogP) is -1.11. The second-order valence-corrected chi connectivity index (χ2v) is 2.95. The SMILES string of the molecule is Nc1cnnc2ccc(B(O)O)cc12. The van der Waals surface area contributed by atoms with Crippen LogP contribution in [0.5, 0.6) is 0 Å². The highest BCUT2D eigenvalue weighted by Gasteiger charge is 2.11. The van der Waals surface area contributed by atoms with Crippen molar-refractivity contribution in [2.75, 3.05) is 5.73 Å². The topological polar surface area (TPSA) is 92.3 Å². The van der Waals surface area contributed by atoms with Gasteiger partial charge in [-0.05, 0) is 11.5 Å². The molecule has 2 rings (SSSR count). The molecule has 0 bridgehead atoms. The summed E-state index contributed by atoms with van der Waals surface area (Å²) in [6, 6.07) is 4.80. The van der Waals surface area contributed by atoms with Crippen LogP contribution in [0, 0.1) is 0 Å². The normalized spacial score (nSPS) is 10.4. The fraction of sp³-hybridized carbons (Fsp3) is 0. The predicted molar refractivity (Wildman–Crippen MR) is 53.8 cm³/mol. The molecule has 4 N–H and O–H groups in total. The number of hydrogen-bond acceptors (Lipinski definition) is 5. The van der Waals surface area contributed by atoms with Gasteiger partial charge < -0.3 is 15.8 Å². The van der Waals surface area contributed by atoms with Crippen LogP contribution in [0.1, 0.15) is 0 Å². The van der Waals surface area contributed by atoms with Crippen molar-refractivity contribution in [3.8, 4) is 0 Å². The second kappa shape index (κ2) is 3.24. The van der Waals surface area contributed by atoms with Crippen molar-refractivity contribution in [3.63, 3.8) is 0 Å². The molecule has 2 aromatic rings. The van der Waals surface area contributed by atoms with Crippen molar-refractivity contribution in [1.82, 2.24) is 10.2 Å². The molecule has 14 heavy (non-hydrogen) atoms. The van der Waals surface area contributed by atoms with E-state index in [2.05, 4.69) is 10.2 Å². The van der Waals surface area contributed by atoms with Gasteiger partial charge in [0, 0.05) is 5.39 Å². The zero-order valence-electron chi connectivity index (χ0n) is 7.25. The maximum Gasteiger partial charge on any atom is 0.488 e. The van der Waals surface area contributed by atoms with Crippen LogP contribution in [0.25, 0.3) is 10.9 Å². The summed E-state index contributed by atoms with van der Waals surface area (Å²) in [6.45, 7) is 0. The van der Waals surface area contributed by atoms with E-state index in [9.17, 15) is 0 Å². The number of nitrogens with two attached hydrogens (primary N) is 1. The van der Waals surface area contributed by atoms with E-state index < -0.39 is 7.12 Å². The zero-order valence-corrected chi connectivity index (χ0v) is 7.25. The molecular weight excluding hydrogens is 181 g/mol. The molecule has 0 saturated heterocycles. The zero-order chi connectivity index (χ0) is 10.1. The Labute approximate surface area is 80.3 Å². The molecular formula is C8H8BN3O2. The first-order valence-corrected chi connectivity index (χ1v) is 4.05. The van der Waals surface area contributed by atoms with E-state index in [1.165, 1.54) is 6.20 Å². The third kappa shape index (κ3) is 1.41. The van der Waals surface area contributed by atoms with E-state index >= 15 is 0 Å². The lowest BCUT2D eigenvalue weighted by Crippen LogP contribution is -2.29. The molecule has 0 amide bonds. The van der Waals surface area contributed by atoms with E-state index in [1.54, 1.807) is 18.2 Å². The number of nitrogens with zero attached hydrogens (tertiary/aromatic N) is 2. The molecule has 0 radical (unpaired) electrons. The van der Waals surface area contributed by atoms with Crippen LogP contribution in [-0.2, 0) is 0 Å². The molecule has 5 nitrogen and oxygen atoms in total. The summed E-state index contributed by atoms with van der Waals surface area (Å²) in [7, 11) is -1.49. The molecule has 0 atom stereocenters. The Morgan fingerprint density at radius 3 is 2.79 bits per heavy atom. The van der Waals surface area contributed by atoms with Gasteiger partial charge in [0.2, 0.25) is 0 Å². The summed E-state index contributed by atoms with van der Waals surface area (Å²) < 4.78 is 0. The number of fused-ring (bicyclic) bond motifs is 1. The quantitative estimate of drug-likeness (QED) is 0.494. The average molecular weight is 189 g/mol. The van der Waals surface area contributed by atoms with Crippen LogP contribution >= 0.6 is 0 Å². The van der Waals surface area contributed by atoms with Gasteiger partial charge in [-0.1, -0.05) is 12.1 Å². The Kier molecular flexibility index (Phi) is 2.07. The molecule has 0 aliphatic heterocycles. The van der Waals surface area contributed by atoms with E-state index in [-0.39, 0.29) is 0 Å². The molecule has 0 aliphatic carbocycles. The first-order valence-electron chi connectivity index (χ1n) is 4.05. The van der Waals surface area contributed by atoms with Gasteiger partial charge in [0.15, 0.2) is 0 Å². The van der Waals surface area contributed by atoms with E-state index in [4.69, 9.17) is 15.8 Å². The fourth-order valence-corrected chi connectivity index (χ4v) is 1.26. The van der Waals surface area contributed by atoms with E-state index in [1.807, 2.05) is 0 Å². The Bertz CT molecular complexity index is 475. The number of nitrogen functional groups attached to an aromatic ring is 1. The minimum absolute atomic E-state index is 0.386. The average Bonchev–Trinajstić information content (AvgIpc) is 2.18. The molecule has 6 heteroatoms. The van der Waals surface area contributed by atoms with E-state index in [0.29, 0.717) is 22.1 Å². The van der Waals surface area contributed by atoms with Crippen LogP contribution in [0.2, 0.25) is 0 Å². The van der Waals surface area contributed by atoms with Crippen molar-refractivity contribution in [2.45, 2.75) is 0 Å². The number of anilines is 1. The van der Waals surface area contributed by atoms with Crippen LogP contribution in [-0.4, -0.2) is 27.4 Å². The van der Waals surface area contributed by atoms with Gasteiger partial charge in [-0.25, -0.2) is 0 Å². The van der Waals surface area contributed by atoms with Gasteiger partial charge in [0.1, 0.15) is 0 Å². The minimum atomic E-state index is -1.49. The van der Waals surface area contributed by atoms with Gasteiger partial charge in [-0.3, -0.25) is 0 Å². The van der Waals surface area contributed by atoms with Gasteiger partial charge in [-0.15, -0.1) is 0 Å². The van der Waals surface area contributed by atoms with E-state index in [0.717, 1.165) is 0 Å². The Balaban J connectivity index is 2.70. The molecule has 0 unspecified atom stereocenters. The summed E-state index contributed by atoms with van der Waals surface area (Å²) >= 11 is 0. The molecule has 1 aromatic carbocycles. The summed E-state index contributed by atoms with van der Waals surface area (Å²) in [4.78, 5) is 0. The van der Waals surface area contributed by atoms with Gasteiger partial charge in [-0.2, -0.15) is 10.2 Å². The monoisotopic (exact) mass is 189 g/mol. The third-order valence-electron chi connectivity index (χ3n) is 1.99. The Morgan fingerprint density at radius 2 is 2.07 bits per heavy atom. The summed E-state index contributed by atoms with van der Waals surface area (Å²) in [6.07, 6.45) is 1.43. The highest BCUT2D eigenvalue weighted by atomic mass is 16.4. The summed E-state index contributed by atoms with van der Waals surface area (Å²) in [5.41, 5.74) is 7.15. The highest BCUT2D eigenvalue weighted by Crippen LogP contribution is 2.15. The third-order valence-corrected chi connectivity index (χ3v) is 1.99. The number of rotatable bonds is 1. The van der Waals surface area contributed by atoms with Crippen molar-refractivity contribution in [1.29, 1.82) is 0 Å². The Hall–Kier alpha value is -1.66. The fourth-order valence-electron chi connectivity index (χ4n) is 1.26. The van der Waals surface area contributed by atoms with Crippen LogP contribution in [0.3, 0.4) is 0 Å². The van der Waals surface area contributed by atoms with Crippen LogP contribution in [0.4, 0.5) is 5.69 Å². The molecule has 1 aromatic heterocycles. The van der Waals surface area contributed by atoms with Gasteiger partial charge >= 0.3 is 7.12 Å². The van der Waals surface area contributed by atoms with Crippen LogP contribution in [0.15, 0.2) is 24.4 Å². The summed E-state index contributed by atoms with van der Waals surface area (Å²) in [5, 5.41) is 26.1. The first-order chi connectivity index (χ1) is 6.68. The molecule has 70 valence electrons. The number of aromatic nitrogens is 2. The largest absolute Gasteiger partial charge is 0.488 e. The first kappa shape index (κ1) is 8.92. The lowest BCUT2D eigenvalue weighted by molar-refractivity contribution is 0.426. The molecule has 0 aliphatic rings. The molecule has 0 saturated carbocycles. The minimum Gasteiger partial charge on any atom is -0.423 e. The van der Waals surface area contributed by atoms with Gasteiger partial charge in [0.05, 0.1) is 17.4 Å². The Morgan fingerprint density at radius 1 is 1.29 bits per heavy atom. The van der Waals surface area contributed by atoms with Crippen molar-refractivity contribution >= 4 is 29.2 Å². The number of benzene rings is 1. The van der Waals surface area contributed by atoms with Crippen molar-refractivity contribution in [2.24, 2.45) is 0 Å². The maximum absolute atomic E-state index is 8.95. The second-order valence-electron chi connectivity index (χ2n) is 2.95. The lowest BCUT2D eigenvalue weighted by atomic mass is 9.80. The smallest absolute Gasteiger partial charge is 0.423 e. The van der Waals surface area contributed by atoms with Crippen molar-refractivity contribution < 1.29 is 10.0 Å². The maximum atomic E-state index is 8.95. The van der Waals surface area contributed by atoms with Gasteiger partial charge in [0.25, 0.3) is 0 Å². The molecule has 1 heterocycles. The lowest BCUT2D eigenvalue weighted by Gasteiger charge is -2.02. The standard InChI is InChI=1S/C8H8BN3O2/c10-7-4-11-12-8-2-1-5(9(13)14)3-6(7)8/h1-4,13-14H,(H2,10,12). The summed E-state index contributed by atoms with van der Waals surface area (Å²) in [5.74, 6) is 0.